The quantitative estimate of drug-likeness (QED) is 0.526. The van der Waals surface area contributed by atoms with E-state index < -0.39 is 24.5 Å². The van der Waals surface area contributed by atoms with E-state index in [1.54, 1.807) is 38.5 Å². The first-order valence-electron chi connectivity index (χ1n) is 9.50. The summed E-state index contributed by atoms with van der Waals surface area (Å²) >= 11 is 6.01. The van der Waals surface area contributed by atoms with E-state index in [-0.39, 0.29) is 10.6 Å². The van der Waals surface area contributed by atoms with Crippen LogP contribution in [-0.4, -0.2) is 32.7 Å². The van der Waals surface area contributed by atoms with Gasteiger partial charge in [0.25, 0.3) is 5.91 Å². The van der Waals surface area contributed by atoms with Gasteiger partial charge in [0.2, 0.25) is 0 Å². The minimum absolute atomic E-state index is 0.207. The molecule has 0 spiro atoms. The fraction of sp³-hybridized carbons (Fsp3) is 0.167. The Morgan fingerprint density at radius 1 is 0.839 bits per heavy atom. The summed E-state index contributed by atoms with van der Waals surface area (Å²) < 4.78 is 15.6. The van der Waals surface area contributed by atoms with Gasteiger partial charge in [0.15, 0.2) is 6.61 Å². The minimum atomic E-state index is -0.661. The maximum absolute atomic E-state index is 12.6. The molecule has 0 atom stereocenters. The number of carbonyl (C=O) groups excluding carboxylic acids is 2. The molecule has 0 fully saturated rings. The molecule has 0 heterocycles. The Labute approximate surface area is 185 Å². The Hall–Kier alpha value is -3.51. The van der Waals surface area contributed by atoms with E-state index in [2.05, 4.69) is 5.32 Å². The number of esters is 1. The van der Waals surface area contributed by atoms with Crippen LogP contribution in [0, 0.1) is 0 Å². The Bertz CT molecular complexity index is 987. The van der Waals surface area contributed by atoms with Crippen LogP contribution in [0.1, 0.15) is 27.5 Å². The molecular weight excluding hydrogens is 418 g/mol. The lowest BCUT2D eigenvalue weighted by molar-refractivity contribution is -0.124. The third kappa shape index (κ3) is 5.77. The van der Waals surface area contributed by atoms with Crippen LogP contribution in [0.3, 0.4) is 0 Å². The molecule has 3 aromatic carbocycles. The van der Waals surface area contributed by atoms with Gasteiger partial charge >= 0.3 is 5.97 Å². The smallest absolute Gasteiger partial charge is 0.340 e. The summed E-state index contributed by atoms with van der Waals surface area (Å²) in [5.74, 6) is 0.303. The number of methoxy groups -OCH3 is 2. The summed E-state index contributed by atoms with van der Waals surface area (Å²) in [4.78, 5) is 24.8. The Morgan fingerprint density at radius 2 is 1.35 bits per heavy atom. The SMILES string of the molecule is COc1ccc(C(NC(=O)COC(=O)c2ccccc2Cl)c2ccc(OC)cc2)cc1. The molecule has 0 aromatic heterocycles. The lowest BCUT2D eigenvalue weighted by Gasteiger charge is -2.20. The molecule has 3 aromatic rings. The van der Waals surface area contributed by atoms with E-state index in [0.717, 1.165) is 11.1 Å². The molecule has 31 heavy (non-hydrogen) atoms. The molecule has 0 saturated carbocycles. The highest BCUT2D eigenvalue weighted by molar-refractivity contribution is 6.33. The minimum Gasteiger partial charge on any atom is -0.497 e. The highest BCUT2D eigenvalue weighted by Crippen LogP contribution is 2.26. The molecular formula is C24H22ClNO5. The van der Waals surface area contributed by atoms with Crippen molar-refractivity contribution in [3.05, 3.63) is 94.5 Å². The number of benzene rings is 3. The van der Waals surface area contributed by atoms with Crippen molar-refractivity contribution < 1.29 is 23.8 Å². The zero-order valence-electron chi connectivity index (χ0n) is 17.1. The van der Waals surface area contributed by atoms with Gasteiger partial charge in [0.1, 0.15) is 11.5 Å². The van der Waals surface area contributed by atoms with Crippen LogP contribution >= 0.6 is 11.6 Å². The average Bonchev–Trinajstić information content (AvgIpc) is 2.81. The zero-order chi connectivity index (χ0) is 22.2. The third-order valence-electron chi connectivity index (χ3n) is 4.63. The molecule has 0 aliphatic carbocycles. The van der Waals surface area contributed by atoms with Gasteiger partial charge in [0, 0.05) is 0 Å². The predicted octanol–water partition coefficient (Wildman–Crippen LogP) is 4.42. The number of carbonyl (C=O) groups is 2. The van der Waals surface area contributed by atoms with Gasteiger partial charge in [-0.3, -0.25) is 4.79 Å². The van der Waals surface area contributed by atoms with Crippen molar-refractivity contribution in [3.63, 3.8) is 0 Å². The van der Waals surface area contributed by atoms with Crippen molar-refractivity contribution >= 4 is 23.5 Å². The zero-order valence-corrected chi connectivity index (χ0v) is 17.9. The maximum Gasteiger partial charge on any atom is 0.340 e. The molecule has 0 radical (unpaired) electrons. The summed E-state index contributed by atoms with van der Waals surface area (Å²) in [7, 11) is 3.18. The fourth-order valence-electron chi connectivity index (χ4n) is 2.99. The van der Waals surface area contributed by atoms with E-state index in [9.17, 15) is 9.59 Å². The van der Waals surface area contributed by atoms with Crippen LogP contribution < -0.4 is 14.8 Å². The number of amides is 1. The van der Waals surface area contributed by atoms with Crippen LogP contribution in [0.15, 0.2) is 72.8 Å². The van der Waals surface area contributed by atoms with Crippen LogP contribution in [0.5, 0.6) is 11.5 Å². The van der Waals surface area contributed by atoms with Gasteiger partial charge in [-0.15, -0.1) is 0 Å². The monoisotopic (exact) mass is 439 g/mol. The van der Waals surface area contributed by atoms with Crippen LogP contribution in [0.2, 0.25) is 5.02 Å². The maximum atomic E-state index is 12.6. The summed E-state index contributed by atoms with van der Waals surface area (Å²) in [6, 6.07) is 20.8. The van der Waals surface area contributed by atoms with E-state index in [0.29, 0.717) is 11.5 Å². The van der Waals surface area contributed by atoms with Crippen LogP contribution in [0.25, 0.3) is 0 Å². The summed E-state index contributed by atoms with van der Waals surface area (Å²) in [5.41, 5.74) is 1.90. The molecule has 1 amide bonds. The number of hydrogen-bond donors (Lipinski definition) is 1. The van der Waals surface area contributed by atoms with Crippen LogP contribution in [0.4, 0.5) is 0 Å². The Balaban J connectivity index is 1.74. The number of hydrogen-bond acceptors (Lipinski definition) is 5. The van der Waals surface area contributed by atoms with E-state index in [1.807, 2.05) is 48.5 Å². The second-order valence-electron chi connectivity index (χ2n) is 6.60. The van der Waals surface area contributed by atoms with Crippen molar-refractivity contribution in [2.45, 2.75) is 6.04 Å². The molecule has 160 valence electrons. The number of nitrogens with one attached hydrogen (secondary N) is 1. The first-order valence-corrected chi connectivity index (χ1v) is 9.88. The molecule has 1 N–H and O–H groups in total. The second kappa shape index (κ2) is 10.5. The molecule has 0 aliphatic heterocycles. The van der Waals surface area contributed by atoms with Crippen molar-refractivity contribution in [1.29, 1.82) is 0 Å². The van der Waals surface area contributed by atoms with Crippen LogP contribution in [-0.2, 0) is 9.53 Å². The van der Waals surface area contributed by atoms with Gasteiger partial charge in [-0.1, -0.05) is 48.0 Å². The number of ether oxygens (including phenoxy) is 3. The molecule has 7 heteroatoms. The van der Waals surface area contributed by atoms with Crippen molar-refractivity contribution in [2.24, 2.45) is 0 Å². The Morgan fingerprint density at radius 3 is 1.84 bits per heavy atom. The molecule has 0 unspecified atom stereocenters. The largest absolute Gasteiger partial charge is 0.497 e. The van der Waals surface area contributed by atoms with Gasteiger partial charge in [-0.25, -0.2) is 4.79 Å². The van der Waals surface area contributed by atoms with Crippen molar-refractivity contribution in [3.8, 4) is 11.5 Å². The lowest BCUT2D eigenvalue weighted by atomic mass is 9.98. The van der Waals surface area contributed by atoms with Crippen molar-refractivity contribution in [1.82, 2.24) is 5.32 Å². The fourth-order valence-corrected chi connectivity index (χ4v) is 3.20. The topological polar surface area (TPSA) is 73.9 Å². The predicted molar refractivity (Wildman–Crippen MR) is 118 cm³/mol. The first-order chi connectivity index (χ1) is 15.0. The third-order valence-corrected chi connectivity index (χ3v) is 4.96. The summed E-state index contributed by atoms with van der Waals surface area (Å²) in [6.07, 6.45) is 0. The number of rotatable bonds is 8. The van der Waals surface area contributed by atoms with Crippen molar-refractivity contribution in [2.75, 3.05) is 20.8 Å². The summed E-state index contributed by atoms with van der Waals surface area (Å²) in [6.45, 7) is -0.438. The second-order valence-corrected chi connectivity index (χ2v) is 7.01. The Kier molecular flexibility index (Phi) is 7.51. The molecule has 0 saturated heterocycles. The molecule has 0 aliphatic rings. The van der Waals surface area contributed by atoms with Gasteiger partial charge in [0.05, 0.1) is 30.8 Å². The van der Waals surface area contributed by atoms with Gasteiger partial charge < -0.3 is 19.5 Å². The van der Waals surface area contributed by atoms with Gasteiger partial charge in [-0.05, 0) is 47.5 Å². The number of halogens is 1. The lowest BCUT2D eigenvalue weighted by Crippen LogP contribution is -2.33. The van der Waals surface area contributed by atoms with E-state index in [1.165, 1.54) is 0 Å². The van der Waals surface area contributed by atoms with E-state index in [4.69, 9.17) is 25.8 Å². The first kappa shape index (κ1) is 22.2. The van der Waals surface area contributed by atoms with Gasteiger partial charge in [-0.2, -0.15) is 0 Å². The molecule has 6 nitrogen and oxygen atoms in total. The normalized spacial score (nSPS) is 10.5. The highest BCUT2D eigenvalue weighted by atomic mass is 35.5. The standard InChI is InChI=1S/C24H22ClNO5/c1-29-18-11-7-16(8-12-18)23(17-9-13-19(30-2)14-10-17)26-22(27)15-31-24(28)20-5-3-4-6-21(20)25/h3-14,23H,15H2,1-2H3,(H,26,27). The molecule has 3 rings (SSSR count). The highest BCUT2D eigenvalue weighted by Gasteiger charge is 2.19. The molecule has 0 bridgehead atoms. The van der Waals surface area contributed by atoms with E-state index >= 15 is 0 Å². The summed E-state index contributed by atoms with van der Waals surface area (Å²) in [5, 5.41) is 3.18. The average molecular weight is 440 g/mol.